The molecule has 2 aromatic carbocycles. The van der Waals surface area contributed by atoms with Crippen LogP contribution in [-0.2, 0) is 15.9 Å². The van der Waals surface area contributed by atoms with E-state index in [0.29, 0.717) is 23.6 Å². The highest BCUT2D eigenvalue weighted by Gasteiger charge is 2.54. The molecule has 0 bridgehead atoms. The van der Waals surface area contributed by atoms with Crippen LogP contribution in [0.5, 0.6) is 5.75 Å². The number of benzene rings is 2. The third kappa shape index (κ3) is 4.48. The smallest absolute Gasteiger partial charge is 0.221 e. The SMILES string of the molecule is CCOc1ccc(Cc2cc([C@@H]3OC(CO)(OC)[C@@H](O)[C@H](O)[C@H]3O)ccc2Cl)cc1. The molecule has 30 heavy (non-hydrogen) atoms. The summed E-state index contributed by atoms with van der Waals surface area (Å²) in [5, 5.41) is 41.3. The molecule has 0 aromatic heterocycles. The number of aliphatic hydroxyl groups is 4. The van der Waals surface area contributed by atoms with Gasteiger partial charge in [0.15, 0.2) is 0 Å². The number of rotatable bonds is 7. The zero-order chi connectivity index (χ0) is 21.9. The van der Waals surface area contributed by atoms with Crippen LogP contribution in [0.3, 0.4) is 0 Å². The largest absolute Gasteiger partial charge is 0.494 e. The summed E-state index contributed by atoms with van der Waals surface area (Å²) in [5.41, 5.74) is 2.34. The topological polar surface area (TPSA) is 109 Å². The van der Waals surface area contributed by atoms with Crippen molar-refractivity contribution in [2.24, 2.45) is 0 Å². The van der Waals surface area contributed by atoms with Crippen molar-refractivity contribution in [3.8, 4) is 5.75 Å². The van der Waals surface area contributed by atoms with Crippen LogP contribution in [0.25, 0.3) is 0 Å². The van der Waals surface area contributed by atoms with Gasteiger partial charge in [-0.2, -0.15) is 0 Å². The van der Waals surface area contributed by atoms with Crippen LogP contribution < -0.4 is 4.74 Å². The number of aliphatic hydroxyl groups excluding tert-OH is 4. The van der Waals surface area contributed by atoms with E-state index in [4.69, 9.17) is 25.8 Å². The second kappa shape index (κ2) is 9.62. The molecule has 1 aliphatic heterocycles. The molecule has 0 spiro atoms. The second-order valence-corrected chi connectivity index (χ2v) is 7.65. The Morgan fingerprint density at radius 1 is 1.07 bits per heavy atom. The van der Waals surface area contributed by atoms with Crippen molar-refractivity contribution < 1.29 is 34.6 Å². The fourth-order valence-corrected chi connectivity index (χ4v) is 3.79. The van der Waals surface area contributed by atoms with E-state index in [1.54, 1.807) is 18.2 Å². The molecule has 0 aliphatic carbocycles. The molecular weight excluding hydrogens is 412 g/mol. The molecule has 1 heterocycles. The first-order valence-electron chi connectivity index (χ1n) is 9.73. The van der Waals surface area contributed by atoms with Crippen molar-refractivity contribution in [3.05, 3.63) is 64.2 Å². The number of ether oxygens (including phenoxy) is 3. The van der Waals surface area contributed by atoms with Crippen LogP contribution in [-0.4, -0.2) is 64.8 Å². The Morgan fingerprint density at radius 2 is 1.77 bits per heavy atom. The van der Waals surface area contributed by atoms with Crippen LogP contribution in [0.1, 0.15) is 29.7 Å². The average Bonchev–Trinajstić information content (AvgIpc) is 2.76. The van der Waals surface area contributed by atoms with Crippen molar-refractivity contribution >= 4 is 11.6 Å². The van der Waals surface area contributed by atoms with Gasteiger partial charge in [0.1, 0.15) is 36.8 Å². The maximum absolute atomic E-state index is 10.5. The highest BCUT2D eigenvalue weighted by molar-refractivity contribution is 6.31. The fraction of sp³-hybridized carbons (Fsp3) is 0.455. The molecule has 1 saturated heterocycles. The molecule has 0 saturated carbocycles. The summed E-state index contributed by atoms with van der Waals surface area (Å²) in [6.07, 6.45) is -5.11. The summed E-state index contributed by atoms with van der Waals surface area (Å²) in [6, 6.07) is 12.8. The minimum atomic E-state index is -1.85. The van der Waals surface area contributed by atoms with Gasteiger partial charge in [0.25, 0.3) is 0 Å². The van der Waals surface area contributed by atoms with E-state index < -0.39 is 36.8 Å². The maximum atomic E-state index is 10.5. The molecule has 1 unspecified atom stereocenters. The first kappa shape index (κ1) is 23.0. The quantitative estimate of drug-likeness (QED) is 0.522. The first-order chi connectivity index (χ1) is 14.3. The van der Waals surface area contributed by atoms with Gasteiger partial charge in [0, 0.05) is 12.1 Å². The first-order valence-corrected chi connectivity index (χ1v) is 10.1. The number of hydrogen-bond donors (Lipinski definition) is 4. The Morgan fingerprint density at radius 3 is 2.37 bits per heavy atom. The van der Waals surface area contributed by atoms with Crippen LogP contribution in [0.4, 0.5) is 0 Å². The van der Waals surface area contributed by atoms with E-state index in [-0.39, 0.29) is 0 Å². The average molecular weight is 439 g/mol. The lowest BCUT2D eigenvalue weighted by atomic mass is 9.88. The van der Waals surface area contributed by atoms with Gasteiger partial charge in [-0.15, -0.1) is 0 Å². The Hall–Kier alpha value is -1.71. The summed E-state index contributed by atoms with van der Waals surface area (Å²) in [4.78, 5) is 0. The van der Waals surface area contributed by atoms with E-state index in [9.17, 15) is 20.4 Å². The fourth-order valence-electron chi connectivity index (χ4n) is 3.61. The maximum Gasteiger partial charge on any atom is 0.221 e. The predicted octanol–water partition coefficient (Wildman–Crippen LogP) is 1.82. The van der Waals surface area contributed by atoms with Crippen molar-refractivity contribution in [1.29, 1.82) is 0 Å². The molecule has 164 valence electrons. The number of methoxy groups -OCH3 is 1. The molecule has 1 aliphatic rings. The van der Waals surface area contributed by atoms with E-state index in [0.717, 1.165) is 16.9 Å². The van der Waals surface area contributed by atoms with Crippen molar-refractivity contribution in [2.75, 3.05) is 20.3 Å². The standard InChI is InChI=1S/C22H27ClO7/c1-3-29-16-7-4-13(5-8-16)10-15-11-14(6-9-17(15)23)20-18(25)19(26)21(27)22(12-24,28-2)30-20/h4-9,11,18-21,24-27H,3,10,12H2,1-2H3/t18-,19-,20+,21+,22?/m1/s1. The predicted molar refractivity (Wildman–Crippen MR) is 111 cm³/mol. The Bertz CT molecular complexity index is 838. The zero-order valence-corrected chi connectivity index (χ0v) is 17.6. The van der Waals surface area contributed by atoms with Gasteiger partial charge in [0.2, 0.25) is 5.79 Å². The van der Waals surface area contributed by atoms with E-state index in [1.165, 1.54) is 7.11 Å². The number of hydrogen-bond acceptors (Lipinski definition) is 7. The Kier molecular flexibility index (Phi) is 7.36. The van der Waals surface area contributed by atoms with Gasteiger partial charge in [-0.25, -0.2) is 0 Å². The molecule has 0 amide bonds. The lowest BCUT2D eigenvalue weighted by molar-refractivity contribution is -0.365. The molecule has 1 fully saturated rings. The highest BCUT2D eigenvalue weighted by Crippen LogP contribution is 2.39. The minimum Gasteiger partial charge on any atom is -0.494 e. The van der Waals surface area contributed by atoms with Crippen molar-refractivity contribution in [2.45, 2.75) is 43.5 Å². The van der Waals surface area contributed by atoms with Crippen LogP contribution in [0.2, 0.25) is 5.02 Å². The molecule has 8 heteroatoms. The molecule has 2 aromatic rings. The summed E-state index contributed by atoms with van der Waals surface area (Å²) in [7, 11) is 1.25. The molecule has 3 rings (SSSR count). The van der Waals surface area contributed by atoms with E-state index >= 15 is 0 Å². The Labute approximate surface area is 180 Å². The van der Waals surface area contributed by atoms with Crippen LogP contribution in [0.15, 0.2) is 42.5 Å². The lowest BCUT2D eigenvalue weighted by Gasteiger charge is -2.47. The monoisotopic (exact) mass is 438 g/mol. The van der Waals surface area contributed by atoms with Gasteiger partial charge in [0.05, 0.1) is 6.61 Å². The zero-order valence-electron chi connectivity index (χ0n) is 16.9. The Balaban J connectivity index is 1.88. The van der Waals surface area contributed by atoms with E-state index in [1.807, 2.05) is 31.2 Å². The molecule has 4 N–H and O–H groups in total. The van der Waals surface area contributed by atoms with Gasteiger partial charge in [-0.1, -0.05) is 35.9 Å². The van der Waals surface area contributed by atoms with Crippen LogP contribution in [0, 0.1) is 0 Å². The van der Waals surface area contributed by atoms with Crippen molar-refractivity contribution in [1.82, 2.24) is 0 Å². The van der Waals surface area contributed by atoms with Gasteiger partial charge in [-0.3, -0.25) is 0 Å². The van der Waals surface area contributed by atoms with Gasteiger partial charge < -0.3 is 34.6 Å². The molecule has 7 nitrogen and oxygen atoms in total. The molecule has 5 atom stereocenters. The minimum absolute atomic E-state index is 0.530. The summed E-state index contributed by atoms with van der Waals surface area (Å²) in [6.45, 7) is 1.82. The summed E-state index contributed by atoms with van der Waals surface area (Å²) >= 11 is 6.38. The second-order valence-electron chi connectivity index (χ2n) is 7.24. The highest BCUT2D eigenvalue weighted by atomic mass is 35.5. The van der Waals surface area contributed by atoms with Gasteiger partial charge >= 0.3 is 0 Å². The normalized spacial score (nSPS) is 29.0. The molecule has 0 radical (unpaired) electrons. The van der Waals surface area contributed by atoms with E-state index in [2.05, 4.69) is 0 Å². The van der Waals surface area contributed by atoms with Crippen LogP contribution >= 0.6 is 11.6 Å². The lowest BCUT2D eigenvalue weighted by Crippen LogP contribution is -2.64. The molecular formula is C22H27ClO7. The number of halogens is 1. The summed E-state index contributed by atoms with van der Waals surface area (Å²) < 4.78 is 16.4. The van der Waals surface area contributed by atoms with Crippen molar-refractivity contribution in [3.63, 3.8) is 0 Å². The third-order valence-corrected chi connectivity index (χ3v) is 5.72. The third-order valence-electron chi connectivity index (χ3n) is 5.35. The summed E-state index contributed by atoms with van der Waals surface area (Å²) in [5.74, 6) is -1.06. The van der Waals surface area contributed by atoms with Gasteiger partial charge in [-0.05, 0) is 48.2 Å².